The van der Waals surface area contributed by atoms with Gasteiger partial charge in [0.05, 0.1) is 17.2 Å². The highest BCUT2D eigenvalue weighted by molar-refractivity contribution is 7.89. The summed E-state index contributed by atoms with van der Waals surface area (Å²) in [5.74, 6) is 1.01. The molecule has 0 unspecified atom stereocenters. The largest absolute Gasteiger partial charge is 0.494 e. The highest BCUT2D eigenvalue weighted by Gasteiger charge is 2.28. The lowest BCUT2D eigenvalue weighted by Crippen LogP contribution is -2.37. The molecule has 0 saturated carbocycles. The molecule has 1 amide bonds. The van der Waals surface area contributed by atoms with Crippen molar-refractivity contribution in [1.29, 1.82) is 0 Å². The van der Waals surface area contributed by atoms with Crippen LogP contribution in [-0.4, -0.2) is 43.3 Å². The number of aromatic nitrogens is 1. The minimum atomic E-state index is -3.54. The maximum Gasteiger partial charge on any atom is 0.257 e. The normalized spacial score (nSPS) is 15.3. The molecule has 1 saturated heterocycles. The number of ether oxygens (including phenoxy) is 1. The second-order valence-corrected chi connectivity index (χ2v) is 10.9. The van der Waals surface area contributed by atoms with E-state index in [9.17, 15) is 13.2 Å². The van der Waals surface area contributed by atoms with E-state index >= 15 is 0 Å². The number of piperidine rings is 1. The first-order chi connectivity index (χ1) is 15.9. The zero-order valence-corrected chi connectivity index (χ0v) is 20.3. The Kier molecular flexibility index (Phi) is 7.11. The fraction of sp³-hybridized carbons (Fsp3) is 0.333. The van der Waals surface area contributed by atoms with Crippen molar-refractivity contribution in [3.05, 3.63) is 59.5 Å². The van der Waals surface area contributed by atoms with Gasteiger partial charge in [-0.2, -0.15) is 4.31 Å². The fourth-order valence-corrected chi connectivity index (χ4v) is 5.86. The minimum Gasteiger partial charge on any atom is -0.494 e. The predicted molar refractivity (Wildman–Crippen MR) is 130 cm³/mol. The number of nitrogens with zero attached hydrogens (tertiary/aromatic N) is 2. The molecule has 0 atom stereocenters. The summed E-state index contributed by atoms with van der Waals surface area (Å²) in [5, 5.41) is 5.14. The molecule has 0 aliphatic carbocycles. The van der Waals surface area contributed by atoms with Crippen LogP contribution in [0.1, 0.15) is 37.0 Å². The zero-order valence-electron chi connectivity index (χ0n) is 18.7. The van der Waals surface area contributed by atoms with E-state index in [0.29, 0.717) is 36.3 Å². The van der Waals surface area contributed by atoms with Crippen LogP contribution in [0.2, 0.25) is 0 Å². The van der Waals surface area contributed by atoms with Crippen LogP contribution in [0.3, 0.4) is 0 Å². The molecule has 7 nitrogen and oxygen atoms in total. The monoisotopic (exact) mass is 485 g/mol. The van der Waals surface area contributed by atoms with E-state index in [1.807, 2.05) is 36.6 Å². The molecule has 9 heteroatoms. The number of rotatable bonds is 7. The topological polar surface area (TPSA) is 88.6 Å². The Hall–Kier alpha value is -2.75. The SMILES string of the molecule is CCOc1ccc(-c2csc(NC(=O)c3ccc(S(=O)(=O)N4CCC(C)CC4)cc3)n2)cc1. The summed E-state index contributed by atoms with van der Waals surface area (Å²) in [4.78, 5) is 17.4. The number of benzene rings is 2. The third kappa shape index (κ3) is 5.43. The molecular weight excluding hydrogens is 458 g/mol. The fourth-order valence-electron chi connectivity index (χ4n) is 3.67. The number of carbonyl (C=O) groups excluding carboxylic acids is 1. The summed E-state index contributed by atoms with van der Waals surface area (Å²) in [5.41, 5.74) is 2.06. The molecule has 2 aromatic carbocycles. The van der Waals surface area contributed by atoms with Crippen molar-refractivity contribution in [1.82, 2.24) is 9.29 Å². The van der Waals surface area contributed by atoms with E-state index in [-0.39, 0.29) is 10.8 Å². The van der Waals surface area contributed by atoms with Crippen LogP contribution in [0.5, 0.6) is 5.75 Å². The maximum absolute atomic E-state index is 12.9. The summed E-state index contributed by atoms with van der Waals surface area (Å²) in [6.07, 6.45) is 1.73. The maximum atomic E-state index is 12.9. The molecule has 1 N–H and O–H groups in total. The smallest absolute Gasteiger partial charge is 0.257 e. The third-order valence-electron chi connectivity index (χ3n) is 5.68. The molecule has 2 heterocycles. The van der Waals surface area contributed by atoms with Gasteiger partial charge in [-0.05, 0) is 74.2 Å². The van der Waals surface area contributed by atoms with Gasteiger partial charge in [0.15, 0.2) is 5.13 Å². The second kappa shape index (κ2) is 10.0. The van der Waals surface area contributed by atoms with Gasteiger partial charge in [0.25, 0.3) is 5.91 Å². The number of carbonyl (C=O) groups is 1. The standard InChI is InChI=1S/C24H27N3O4S2/c1-3-31-20-8-4-18(5-9-20)22-16-32-24(25-22)26-23(28)19-6-10-21(11-7-19)33(29,30)27-14-12-17(2)13-15-27/h4-11,16-17H,3,12-15H2,1-2H3,(H,25,26,28). The molecule has 0 spiro atoms. The molecule has 4 rings (SSSR count). The van der Waals surface area contributed by atoms with Crippen LogP contribution in [0.4, 0.5) is 5.13 Å². The van der Waals surface area contributed by atoms with E-state index in [1.54, 1.807) is 0 Å². The van der Waals surface area contributed by atoms with Crippen molar-refractivity contribution in [3.8, 4) is 17.0 Å². The van der Waals surface area contributed by atoms with Gasteiger partial charge in [0, 0.05) is 29.6 Å². The van der Waals surface area contributed by atoms with E-state index in [4.69, 9.17) is 4.74 Å². The van der Waals surface area contributed by atoms with E-state index in [1.165, 1.54) is 39.9 Å². The van der Waals surface area contributed by atoms with Crippen molar-refractivity contribution in [2.45, 2.75) is 31.6 Å². The van der Waals surface area contributed by atoms with Gasteiger partial charge in [-0.15, -0.1) is 11.3 Å². The Morgan fingerprint density at radius 1 is 1.12 bits per heavy atom. The molecular formula is C24H27N3O4S2. The quantitative estimate of drug-likeness (QED) is 0.515. The van der Waals surface area contributed by atoms with E-state index in [0.717, 1.165) is 29.8 Å². The Morgan fingerprint density at radius 3 is 2.42 bits per heavy atom. The van der Waals surface area contributed by atoms with Crippen LogP contribution < -0.4 is 10.1 Å². The van der Waals surface area contributed by atoms with Crippen molar-refractivity contribution < 1.29 is 17.9 Å². The lowest BCUT2D eigenvalue weighted by Gasteiger charge is -2.29. The summed E-state index contributed by atoms with van der Waals surface area (Å²) >= 11 is 1.33. The number of amides is 1. The molecule has 0 bridgehead atoms. The van der Waals surface area contributed by atoms with Crippen molar-refractivity contribution in [2.75, 3.05) is 25.0 Å². The molecule has 1 aliphatic rings. The molecule has 174 valence electrons. The summed E-state index contributed by atoms with van der Waals surface area (Å²) in [6.45, 7) is 5.75. The number of sulfonamides is 1. The van der Waals surface area contributed by atoms with E-state index < -0.39 is 10.0 Å². The predicted octanol–water partition coefficient (Wildman–Crippen LogP) is 4.88. The molecule has 0 radical (unpaired) electrons. The minimum absolute atomic E-state index is 0.209. The second-order valence-electron chi connectivity index (χ2n) is 8.06. The zero-order chi connectivity index (χ0) is 23.4. The summed E-state index contributed by atoms with van der Waals surface area (Å²) < 4.78 is 32.7. The average molecular weight is 486 g/mol. The Morgan fingerprint density at radius 2 is 1.79 bits per heavy atom. The van der Waals surface area contributed by atoms with Gasteiger partial charge >= 0.3 is 0 Å². The van der Waals surface area contributed by atoms with Crippen LogP contribution in [0.25, 0.3) is 11.3 Å². The lowest BCUT2D eigenvalue weighted by molar-refractivity contribution is 0.102. The third-order valence-corrected chi connectivity index (χ3v) is 8.35. The Labute approximate surface area is 198 Å². The van der Waals surface area contributed by atoms with Crippen LogP contribution in [-0.2, 0) is 10.0 Å². The molecule has 1 fully saturated rings. The van der Waals surface area contributed by atoms with Crippen molar-refractivity contribution >= 4 is 32.4 Å². The van der Waals surface area contributed by atoms with E-state index in [2.05, 4.69) is 17.2 Å². The number of anilines is 1. The Bertz CT molecular complexity index is 1200. The first-order valence-electron chi connectivity index (χ1n) is 11.0. The van der Waals surface area contributed by atoms with Gasteiger partial charge < -0.3 is 4.74 Å². The number of hydrogen-bond donors (Lipinski definition) is 1. The number of hydrogen-bond acceptors (Lipinski definition) is 6. The van der Waals surface area contributed by atoms with Gasteiger partial charge in [-0.3, -0.25) is 10.1 Å². The van der Waals surface area contributed by atoms with Crippen LogP contribution in [0.15, 0.2) is 58.8 Å². The highest BCUT2D eigenvalue weighted by Crippen LogP contribution is 2.27. The highest BCUT2D eigenvalue weighted by atomic mass is 32.2. The molecule has 1 aromatic heterocycles. The van der Waals surface area contributed by atoms with Gasteiger partial charge in [-0.1, -0.05) is 6.92 Å². The lowest BCUT2D eigenvalue weighted by atomic mass is 10.0. The Balaban J connectivity index is 1.41. The van der Waals surface area contributed by atoms with Crippen molar-refractivity contribution in [3.63, 3.8) is 0 Å². The summed E-state index contributed by atoms with van der Waals surface area (Å²) in [7, 11) is -3.54. The molecule has 33 heavy (non-hydrogen) atoms. The first-order valence-corrected chi connectivity index (χ1v) is 13.3. The van der Waals surface area contributed by atoms with Gasteiger partial charge in [0.1, 0.15) is 5.75 Å². The first kappa shape index (κ1) is 23.4. The van der Waals surface area contributed by atoms with Crippen molar-refractivity contribution in [2.24, 2.45) is 5.92 Å². The number of thiazole rings is 1. The number of nitrogens with one attached hydrogen (secondary N) is 1. The van der Waals surface area contributed by atoms with Crippen LogP contribution >= 0.6 is 11.3 Å². The summed E-state index contributed by atoms with van der Waals surface area (Å²) in [6, 6.07) is 13.7. The van der Waals surface area contributed by atoms with Gasteiger partial charge in [0.2, 0.25) is 10.0 Å². The molecule has 1 aliphatic heterocycles. The van der Waals surface area contributed by atoms with Gasteiger partial charge in [-0.25, -0.2) is 13.4 Å². The van der Waals surface area contributed by atoms with Crippen LogP contribution in [0, 0.1) is 5.92 Å². The molecule has 3 aromatic rings. The average Bonchev–Trinajstić information content (AvgIpc) is 3.28.